The highest BCUT2D eigenvalue weighted by Crippen LogP contribution is 2.30. The average molecular weight is 369 g/mol. The van der Waals surface area contributed by atoms with Gasteiger partial charge in [0.1, 0.15) is 0 Å². The molecule has 6 heteroatoms. The number of hydrogen-bond donors (Lipinski definition) is 0. The SMILES string of the molecule is CCCN(CCC)C(=O)CCc1ncc(-c2ccc(Cl)cc2Cl)o1. The largest absolute Gasteiger partial charge is 0.441 e. The van der Waals surface area contributed by atoms with Gasteiger partial charge in [0.05, 0.1) is 11.2 Å². The lowest BCUT2D eigenvalue weighted by Crippen LogP contribution is -2.32. The lowest BCUT2D eigenvalue weighted by molar-refractivity contribution is -0.131. The lowest BCUT2D eigenvalue weighted by Gasteiger charge is -2.21. The van der Waals surface area contributed by atoms with Gasteiger partial charge in [-0.05, 0) is 31.0 Å². The van der Waals surface area contributed by atoms with Crippen LogP contribution in [-0.4, -0.2) is 28.9 Å². The summed E-state index contributed by atoms with van der Waals surface area (Å²) in [4.78, 5) is 18.4. The molecule has 0 aliphatic heterocycles. The summed E-state index contributed by atoms with van der Waals surface area (Å²) in [5, 5.41) is 1.08. The molecule has 2 rings (SSSR count). The molecule has 0 unspecified atom stereocenters. The van der Waals surface area contributed by atoms with Crippen LogP contribution in [0.15, 0.2) is 28.8 Å². The maximum Gasteiger partial charge on any atom is 0.223 e. The molecule has 2 aromatic rings. The van der Waals surface area contributed by atoms with Crippen molar-refractivity contribution in [1.29, 1.82) is 0 Å². The van der Waals surface area contributed by atoms with E-state index in [9.17, 15) is 4.79 Å². The fraction of sp³-hybridized carbons (Fsp3) is 0.444. The number of halogens is 2. The van der Waals surface area contributed by atoms with Crippen LogP contribution in [-0.2, 0) is 11.2 Å². The Labute approximate surface area is 152 Å². The molecule has 1 heterocycles. The fourth-order valence-electron chi connectivity index (χ4n) is 2.51. The third-order valence-corrected chi connectivity index (χ3v) is 4.19. The van der Waals surface area contributed by atoms with Crippen molar-refractivity contribution >= 4 is 29.1 Å². The van der Waals surface area contributed by atoms with Crippen molar-refractivity contribution in [3.63, 3.8) is 0 Å². The van der Waals surface area contributed by atoms with E-state index < -0.39 is 0 Å². The summed E-state index contributed by atoms with van der Waals surface area (Å²) in [6, 6.07) is 5.21. The zero-order valence-electron chi connectivity index (χ0n) is 14.0. The quantitative estimate of drug-likeness (QED) is 0.640. The van der Waals surface area contributed by atoms with E-state index >= 15 is 0 Å². The van der Waals surface area contributed by atoms with Gasteiger partial charge in [-0.25, -0.2) is 4.98 Å². The van der Waals surface area contributed by atoms with Crippen LogP contribution < -0.4 is 0 Å². The number of oxazole rings is 1. The van der Waals surface area contributed by atoms with Gasteiger partial charge in [-0.2, -0.15) is 0 Å². The zero-order valence-corrected chi connectivity index (χ0v) is 15.5. The number of benzene rings is 1. The zero-order chi connectivity index (χ0) is 17.5. The Balaban J connectivity index is 1.99. The second kappa shape index (κ2) is 9.09. The van der Waals surface area contributed by atoms with Crippen molar-refractivity contribution in [2.24, 2.45) is 0 Å². The van der Waals surface area contributed by atoms with Crippen molar-refractivity contribution in [3.05, 3.63) is 40.3 Å². The average Bonchev–Trinajstić information content (AvgIpc) is 3.01. The highest BCUT2D eigenvalue weighted by molar-refractivity contribution is 6.36. The van der Waals surface area contributed by atoms with E-state index in [1.807, 2.05) is 4.90 Å². The molecular formula is C18H22Cl2N2O2. The van der Waals surface area contributed by atoms with Gasteiger partial charge in [0, 0.05) is 36.5 Å². The number of rotatable bonds is 8. The number of amides is 1. The molecular weight excluding hydrogens is 347 g/mol. The van der Waals surface area contributed by atoms with Crippen LogP contribution in [0.3, 0.4) is 0 Å². The Morgan fingerprint density at radius 1 is 1.21 bits per heavy atom. The van der Waals surface area contributed by atoms with Crippen LogP contribution in [0, 0.1) is 0 Å². The molecule has 130 valence electrons. The number of hydrogen-bond acceptors (Lipinski definition) is 3. The van der Waals surface area contributed by atoms with Crippen LogP contribution in [0.2, 0.25) is 10.0 Å². The predicted octanol–water partition coefficient (Wildman–Crippen LogP) is 5.23. The van der Waals surface area contributed by atoms with E-state index in [4.69, 9.17) is 27.6 Å². The summed E-state index contributed by atoms with van der Waals surface area (Å²) in [6.07, 6.45) is 4.43. The van der Waals surface area contributed by atoms with E-state index in [0.717, 1.165) is 31.5 Å². The molecule has 0 saturated heterocycles. The normalized spacial score (nSPS) is 10.8. The van der Waals surface area contributed by atoms with E-state index in [2.05, 4.69) is 18.8 Å². The first-order valence-electron chi connectivity index (χ1n) is 8.23. The molecule has 0 bridgehead atoms. The number of nitrogens with zero attached hydrogens (tertiary/aromatic N) is 2. The van der Waals surface area contributed by atoms with E-state index in [0.29, 0.717) is 34.5 Å². The first kappa shape index (κ1) is 18.8. The standard InChI is InChI=1S/C18H22Cl2N2O2/c1-3-9-22(10-4-2)18(23)8-7-17-21-12-16(24-17)14-6-5-13(19)11-15(14)20/h5-6,11-12H,3-4,7-10H2,1-2H3. The summed E-state index contributed by atoms with van der Waals surface area (Å²) >= 11 is 12.1. The van der Waals surface area contributed by atoms with Crippen LogP contribution >= 0.6 is 23.2 Å². The highest BCUT2D eigenvalue weighted by atomic mass is 35.5. The molecule has 0 aliphatic carbocycles. The fourth-order valence-corrected chi connectivity index (χ4v) is 3.01. The Hall–Kier alpha value is -1.52. The molecule has 0 saturated carbocycles. The number of carbonyl (C=O) groups excluding carboxylic acids is 1. The number of aromatic nitrogens is 1. The molecule has 1 aromatic heterocycles. The lowest BCUT2D eigenvalue weighted by atomic mass is 10.2. The van der Waals surface area contributed by atoms with Gasteiger partial charge >= 0.3 is 0 Å². The van der Waals surface area contributed by atoms with Crippen LogP contribution in [0.4, 0.5) is 0 Å². The molecule has 1 amide bonds. The van der Waals surface area contributed by atoms with Crippen molar-refractivity contribution in [1.82, 2.24) is 9.88 Å². The summed E-state index contributed by atoms with van der Waals surface area (Å²) in [6.45, 7) is 5.74. The second-order valence-electron chi connectivity index (χ2n) is 5.62. The smallest absolute Gasteiger partial charge is 0.223 e. The van der Waals surface area contributed by atoms with Crippen molar-refractivity contribution in [3.8, 4) is 11.3 Å². The van der Waals surface area contributed by atoms with Crippen LogP contribution in [0.1, 0.15) is 39.0 Å². The first-order chi connectivity index (χ1) is 11.5. The van der Waals surface area contributed by atoms with Crippen molar-refractivity contribution in [2.75, 3.05) is 13.1 Å². The van der Waals surface area contributed by atoms with Crippen LogP contribution in [0.25, 0.3) is 11.3 Å². The van der Waals surface area contributed by atoms with Crippen molar-refractivity contribution in [2.45, 2.75) is 39.5 Å². The molecule has 24 heavy (non-hydrogen) atoms. The van der Waals surface area contributed by atoms with Gasteiger partial charge in [0.2, 0.25) is 5.91 Å². The Morgan fingerprint density at radius 3 is 2.54 bits per heavy atom. The molecule has 0 radical (unpaired) electrons. The van der Waals surface area contributed by atoms with E-state index in [-0.39, 0.29) is 5.91 Å². The molecule has 0 N–H and O–H groups in total. The first-order valence-corrected chi connectivity index (χ1v) is 8.98. The maximum absolute atomic E-state index is 12.3. The van der Waals surface area contributed by atoms with Gasteiger partial charge in [-0.3, -0.25) is 4.79 Å². The monoisotopic (exact) mass is 368 g/mol. The Morgan fingerprint density at radius 2 is 1.92 bits per heavy atom. The minimum absolute atomic E-state index is 0.142. The third kappa shape index (κ3) is 4.99. The number of aryl methyl sites for hydroxylation is 1. The molecule has 0 atom stereocenters. The number of carbonyl (C=O) groups is 1. The van der Waals surface area contributed by atoms with Gasteiger partial charge < -0.3 is 9.32 Å². The topological polar surface area (TPSA) is 46.3 Å². The van der Waals surface area contributed by atoms with Gasteiger partial charge in [0.25, 0.3) is 0 Å². The molecule has 0 spiro atoms. The third-order valence-electron chi connectivity index (χ3n) is 3.64. The maximum atomic E-state index is 12.3. The molecule has 0 fully saturated rings. The molecule has 1 aromatic carbocycles. The van der Waals surface area contributed by atoms with Crippen molar-refractivity contribution < 1.29 is 9.21 Å². The highest BCUT2D eigenvalue weighted by Gasteiger charge is 2.15. The van der Waals surface area contributed by atoms with Gasteiger partial charge in [-0.1, -0.05) is 37.0 Å². The molecule has 0 aliphatic rings. The van der Waals surface area contributed by atoms with Gasteiger partial charge in [-0.15, -0.1) is 0 Å². The predicted molar refractivity (Wildman–Crippen MR) is 97.4 cm³/mol. The Bertz CT molecular complexity index is 679. The van der Waals surface area contributed by atoms with E-state index in [1.54, 1.807) is 24.4 Å². The van der Waals surface area contributed by atoms with Gasteiger partial charge in [0.15, 0.2) is 11.7 Å². The van der Waals surface area contributed by atoms with E-state index in [1.165, 1.54) is 0 Å². The summed E-state index contributed by atoms with van der Waals surface area (Å²) in [5.41, 5.74) is 0.740. The molecule has 4 nitrogen and oxygen atoms in total. The minimum atomic E-state index is 0.142. The Kier molecular flexibility index (Phi) is 7.13. The van der Waals surface area contributed by atoms with Crippen LogP contribution in [0.5, 0.6) is 0 Å². The summed E-state index contributed by atoms with van der Waals surface area (Å²) in [5.74, 6) is 1.26. The summed E-state index contributed by atoms with van der Waals surface area (Å²) in [7, 11) is 0. The summed E-state index contributed by atoms with van der Waals surface area (Å²) < 4.78 is 5.73. The second-order valence-corrected chi connectivity index (χ2v) is 6.47. The minimum Gasteiger partial charge on any atom is -0.441 e.